The number of halogens is 2. The first-order valence-corrected chi connectivity index (χ1v) is 8.30. The Hall–Kier alpha value is -1.80. The summed E-state index contributed by atoms with van der Waals surface area (Å²) >= 11 is 12.2. The van der Waals surface area contributed by atoms with Gasteiger partial charge in [-0.1, -0.05) is 29.3 Å². The van der Waals surface area contributed by atoms with Gasteiger partial charge in [-0.25, -0.2) is 10.2 Å². The molecule has 4 atom stereocenters. The molecule has 2 aliphatic heterocycles. The summed E-state index contributed by atoms with van der Waals surface area (Å²) in [7, 11) is 0. The lowest BCUT2D eigenvalue weighted by Gasteiger charge is -2.36. The van der Waals surface area contributed by atoms with E-state index in [1.54, 1.807) is 12.1 Å². The highest BCUT2D eigenvalue weighted by molar-refractivity contribution is 6.42. The minimum atomic E-state index is -0.545. The summed E-state index contributed by atoms with van der Waals surface area (Å²) in [6.45, 7) is 2.04. The first kappa shape index (κ1) is 15.7. The van der Waals surface area contributed by atoms with Gasteiger partial charge in [-0.2, -0.15) is 0 Å². The summed E-state index contributed by atoms with van der Waals surface area (Å²) in [6, 6.07) is 5.45. The Morgan fingerprint density at radius 2 is 1.83 bits per heavy atom. The molecule has 2 aliphatic rings. The average Bonchev–Trinajstić information content (AvgIpc) is 2.89. The van der Waals surface area contributed by atoms with Crippen molar-refractivity contribution in [1.29, 1.82) is 0 Å². The van der Waals surface area contributed by atoms with Crippen molar-refractivity contribution < 1.29 is 0 Å². The van der Waals surface area contributed by atoms with Gasteiger partial charge in [0.2, 0.25) is 0 Å². The number of benzene rings is 1. The number of aromatic amines is 2. The molecule has 0 aliphatic carbocycles. The van der Waals surface area contributed by atoms with E-state index in [4.69, 9.17) is 23.2 Å². The molecule has 3 heterocycles. The molecule has 5 N–H and O–H groups in total. The minimum absolute atomic E-state index is 0.0433. The second-order valence-electron chi connectivity index (χ2n) is 6.12. The van der Waals surface area contributed by atoms with E-state index >= 15 is 0 Å². The summed E-state index contributed by atoms with van der Waals surface area (Å²) in [6.07, 6.45) is -0.135. The number of rotatable bonds is 1. The van der Waals surface area contributed by atoms with Crippen LogP contribution >= 0.6 is 23.2 Å². The summed E-state index contributed by atoms with van der Waals surface area (Å²) in [5.41, 5.74) is 6.75. The molecular formula is C15H15Cl2N5O2. The van der Waals surface area contributed by atoms with Gasteiger partial charge in [-0.15, -0.1) is 0 Å². The van der Waals surface area contributed by atoms with Crippen LogP contribution in [0.2, 0.25) is 10.0 Å². The number of H-pyrrole nitrogens is 2. The normalized spacial score (nSPS) is 28.1. The van der Waals surface area contributed by atoms with Crippen LogP contribution in [0, 0.1) is 5.92 Å². The maximum Gasteiger partial charge on any atom is 0.327 e. The first-order valence-electron chi connectivity index (χ1n) is 7.54. The van der Waals surface area contributed by atoms with E-state index in [1.807, 2.05) is 13.0 Å². The van der Waals surface area contributed by atoms with Crippen LogP contribution in [0.25, 0.3) is 0 Å². The van der Waals surface area contributed by atoms with Crippen molar-refractivity contribution in [2.75, 3.05) is 5.32 Å². The van der Waals surface area contributed by atoms with E-state index in [1.165, 1.54) is 0 Å². The molecule has 4 rings (SSSR count). The lowest BCUT2D eigenvalue weighted by molar-refractivity contribution is 0.386. The van der Waals surface area contributed by atoms with Gasteiger partial charge < -0.3 is 5.32 Å². The van der Waals surface area contributed by atoms with Crippen molar-refractivity contribution in [3.05, 3.63) is 60.2 Å². The Kier molecular flexibility index (Phi) is 3.69. The second kappa shape index (κ2) is 5.63. The van der Waals surface area contributed by atoms with Crippen molar-refractivity contribution in [2.45, 2.75) is 25.0 Å². The summed E-state index contributed by atoms with van der Waals surface area (Å²) in [5.74, 6) is 0.213. The zero-order valence-corrected chi connectivity index (χ0v) is 14.1. The van der Waals surface area contributed by atoms with Crippen molar-refractivity contribution in [2.24, 2.45) is 5.92 Å². The molecule has 0 spiro atoms. The molecule has 0 bridgehead atoms. The topological polar surface area (TPSA) is 102 Å². The summed E-state index contributed by atoms with van der Waals surface area (Å²) in [4.78, 5) is 29.1. The average molecular weight is 368 g/mol. The fourth-order valence-corrected chi connectivity index (χ4v) is 3.97. The van der Waals surface area contributed by atoms with Crippen LogP contribution in [-0.2, 0) is 0 Å². The van der Waals surface area contributed by atoms with E-state index in [2.05, 4.69) is 26.1 Å². The van der Waals surface area contributed by atoms with Crippen molar-refractivity contribution in [3.8, 4) is 0 Å². The van der Waals surface area contributed by atoms with Crippen LogP contribution < -0.4 is 27.4 Å². The maximum atomic E-state index is 12.5. The van der Waals surface area contributed by atoms with E-state index in [-0.39, 0.29) is 24.0 Å². The molecule has 126 valence electrons. The smallest absolute Gasteiger partial charge is 0.327 e. The summed E-state index contributed by atoms with van der Waals surface area (Å²) < 4.78 is 0. The van der Waals surface area contributed by atoms with Crippen molar-refractivity contribution >= 4 is 29.0 Å². The third kappa shape index (κ3) is 2.36. The molecule has 1 saturated heterocycles. The van der Waals surface area contributed by atoms with Crippen LogP contribution in [0.4, 0.5) is 5.82 Å². The van der Waals surface area contributed by atoms with E-state index in [0.29, 0.717) is 21.4 Å². The number of aromatic nitrogens is 2. The maximum absolute atomic E-state index is 12.5. The number of anilines is 1. The SMILES string of the molecule is CC1NNC2Nc3[nH]c(=O)[nH]c(=O)c3C(c3ccc(Cl)c(Cl)c3)C12. The Bertz CT molecular complexity index is 925. The summed E-state index contributed by atoms with van der Waals surface area (Å²) in [5, 5.41) is 4.07. The number of hydrogen-bond donors (Lipinski definition) is 5. The van der Waals surface area contributed by atoms with Gasteiger partial charge in [0.15, 0.2) is 0 Å². The van der Waals surface area contributed by atoms with Gasteiger partial charge >= 0.3 is 5.69 Å². The van der Waals surface area contributed by atoms with Crippen molar-refractivity contribution in [1.82, 2.24) is 20.8 Å². The Morgan fingerprint density at radius 3 is 2.58 bits per heavy atom. The molecule has 24 heavy (non-hydrogen) atoms. The fourth-order valence-electron chi connectivity index (χ4n) is 3.67. The predicted octanol–water partition coefficient (Wildman–Crippen LogP) is 1.37. The molecule has 0 saturated carbocycles. The van der Waals surface area contributed by atoms with Gasteiger partial charge in [-0.05, 0) is 24.6 Å². The Morgan fingerprint density at radius 1 is 1.04 bits per heavy atom. The monoisotopic (exact) mass is 367 g/mol. The van der Waals surface area contributed by atoms with Crippen LogP contribution in [0.1, 0.15) is 24.0 Å². The quantitative estimate of drug-likeness (QED) is 0.523. The Balaban J connectivity index is 1.96. The zero-order chi connectivity index (χ0) is 17.0. The van der Waals surface area contributed by atoms with Crippen LogP contribution in [-0.4, -0.2) is 22.2 Å². The highest BCUT2D eigenvalue weighted by Crippen LogP contribution is 2.43. The van der Waals surface area contributed by atoms with Gasteiger partial charge in [0.05, 0.1) is 21.8 Å². The fraction of sp³-hybridized carbons (Fsp3) is 0.333. The molecule has 1 aromatic heterocycles. The minimum Gasteiger partial charge on any atom is -0.354 e. The molecular weight excluding hydrogens is 353 g/mol. The number of hydrazine groups is 1. The van der Waals surface area contributed by atoms with Gasteiger partial charge in [0.1, 0.15) is 5.82 Å². The van der Waals surface area contributed by atoms with Gasteiger partial charge in [0, 0.05) is 17.9 Å². The standard InChI is InChI=1S/C15H15Cl2N5O2/c1-5-9-10(6-2-3-7(16)8(17)4-6)11-12(18-13(9)22-21-5)19-15(24)20-14(11)23/h2-5,9-10,13,21-22H,1H3,(H3,18,19,20,23,24). The number of fused-ring (bicyclic) bond motifs is 2. The number of nitrogens with one attached hydrogen (secondary N) is 5. The largest absolute Gasteiger partial charge is 0.354 e. The molecule has 1 fully saturated rings. The molecule has 9 heteroatoms. The molecule has 0 radical (unpaired) electrons. The highest BCUT2D eigenvalue weighted by atomic mass is 35.5. The third-order valence-corrected chi connectivity index (χ3v) is 5.45. The van der Waals surface area contributed by atoms with Crippen LogP contribution in [0.3, 0.4) is 0 Å². The third-order valence-electron chi connectivity index (χ3n) is 4.71. The molecule has 0 amide bonds. The number of hydrogen-bond acceptors (Lipinski definition) is 5. The second-order valence-corrected chi connectivity index (χ2v) is 6.94. The Labute approximate surface area is 146 Å². The lowest BCUT2D eigenvalue weighted by Crippen LogP contribution is -2.47. The lowest BCUT2D eigenvalue weighted by atomic mass is 9.75. The van der Waals surface area contributed by atoms with Crippen LogP contribution in [0.5, 0.6) is 0 Å². The zero-order valence-electron chi connectivity index (χ0n) is 12.6. The van der Waals surface area contributed by atoms with Crippen molar-refractivity contribution in [3.63, 3.8) is 0 Å². The highest BCUT2D eigenvalue weighted by Gasteiger charge is 2.46. The van der Waals surface area contributed by atoms with E-state index < -0.39 is 11.2 Å². The molecule has 1 aromatic carbocycles. The predicted molar refractivity (Wildman–Crippen MR) is 92.6 cm³/mol. The van der Waals surface area contributed by atoms with Gasteiger partial charge in [-0.3, -0.25) is 20.2 Å². The molecule has 2 aromatic rings. The van der Waals surface area contributed by atoms with E-state index in [0.717, 1.165) is 5.56 Å². The van der Waals surface area contributed by atoms with Crippen LogP contribution in [0.15, 0.2) is 27.8 Å². The molecule has 4 unspecified atom stereocenters. The van der Waals surface area contributed by atoms with E-state index in [9.17, 15) is 9.59 Å². The van der Waals surface area contributed by atoms with Gasteiger partial charge in [0.25, 0.3) is 5.56 Å². The molecule has 7 nitrogen and oxygen atoms in total. The first-order chi connectivity index (χ1) is 11.5.